The lowest BCUT2D eigenvalue weighted by molar-refractivity contribution is -0.384. The number of hydrogen-bond donors (Lipinski definition) is 0. The number of non-ortho nitro benzene ring substituents is 1. The lowest BCUT2D eigenvalue weighted by Crippen LogP contribution is -2.65. The Morgan fingerprint density at radius 2 is 1.59 bits per heavy atom. The number of carbonyl (C=O) groups excluding carboxylic acids is 4. The zero-order chi connectivity index (χ0) is 26.3. The highest BCUT2D eigenvalue weighted by molar-refractivity contribution is 6.42. The molecule has 0 spiro atoms. The minimum atomic E-state index is -2.23. The van der Waals surface area contributed by atoms with Gasteiger partial charge in [0.05, 0.1) is 17.2 Å². The number of fused-ring (bicyclic) bond motifs is 1. The fraction of sp³-hybridized carbons (Fsp3) is 0.111. The number of imide groups is 1. The van der Waals surface area contributed by atoms with Gasteiger partial charge in [-0.3, -0.25) is 24.6 Å². The molecule has 2 heterocycles. The molecule has 3 aromatic carbocycles. The smallest absolute Gasteiger partial charge is 0.347 e. The predicted molar refractivity (Wildman–Crippen MR) is 131 cm³/mol. The van der Waals surface area contributed by atoms with Gasteiger partial charge >= 0.3 is 12.0 Å². The highest BCUT2D eigenvalue weighted by atomic mass is 16.6. The Labute approximate surface area is 210 Å². The largest absolute Gasteiger partial charge is 0.464 e. The van der Waals surface area contributed by atoms with E-state index in [4.69, 9.17) is 4.74 Å². The van der Waals surface area contributed by atoms with Crippen molar-refractivity contribution in [1.82, 2.24) is 4.90 Å². The van der Waals surface area contributed by atoms with Gasteiger partial charge in [-0.05, 0) is 24.6 Å². The lowest BCUT2D eigenvalue weighted by Gasteiger charge is -2.45. The van der Waals surface area contributed by atoms with Crippen molar-refractivity contribution in [3.8, 4) is 0 Å². The molecule has 3 amide bonds. The number of esters is 1. The zero-order valence-corrected chi connectivity index (χ0v) is 19.5. The number of carbonyl (C=O) groups is 4. The third-order valence-electron chi connectivity index (χ3n) is 6.23. The molecule has 5 rings (SSSR count). The number of ketones is 1. The monoisotopic (exact) mass is 497 g/mol. The van der Waals surface area contributed by atoms with Crippen LogP contribution in [0.25, 0.3) is 5.57 Å². The number of rotatable bonds is 7. The van der Waals surface area contributed by atoms with Gasteiger partial charge in [-0.15, -0.1) is 0 Å². The highest BCUT2D eigenvalue weighted by Gasteiger charge is 2.74. The Balaban J connectivity index is 1.77. The first kappa shape index (κ1) is 23.6. The van der Waals surface area contributed by atoms with Gasteiger partial charge in [-0.1, -0.05) is 60.7 Å². The number of nitro benzene ring substituents is 1. The van der Waals surface area contributed by atoms with Crippen molar-refractivity contribution in [2.75, 3.05) is 11.5 Å². The van der Waals surface area contributed by atoms with Crippen LogP contribution in [0.2, 0.25) is 0 Å². The van der Waals surface area contributed by atoms with Crippen molar-refractivity contribution in [2.24, 2.45) is 0 Å². The lowest BCUT2D eigenvalue weighted by atomic mass is 9.73. The van der Waals surface area contributed by atoms with Crippen molar-refractivity contribution >= 4 is 40.6 Å². The van der Waals surface area contributed by atoms with Crippen molar-refractivity contribution in [1.29, 1.82) is 0 Å². The van der Waals surface area contributed by atoms with Crippen LogP contribution in [0, 0.1) is 10.1 Å². The molecule has 0 aliphatic carbocycles. The number of hydrogen-bond acceptors (Lipinski definition) is 7. The molecule has 3 aromatic rings. The number of nitro groups is 1. The number of benzene rings is 3. The molecule has 2 aliphatic heterocycles. The number of nitrogens with zero attached hydrogens (tertiary/aromatic N) is 3. The first-order chi connectivity index (χ1) is 17.8. The Bertz CT molecular complexity index is 1500. The maximum absolute atomic E-state index is 14.0. The van der Waals surface area contributed by atoms with E-state index in [1.54, 1.807) is 55.5 Å². The minimum Gasteiger partial charge on any atom is -0.464 e. The average molecular weight is 497 g/mol. The van der Waals surface area contributed by atoms with Crippen LogP contribution in [0.1, 0.15) is 22.8 Å². The number of Topliss-reactive ketones (excluding diaryl/α,β-unsaturated/α-hetero) is 1. The van der Waals surface area contributed by atoms with E-state index in [0.717, 1.165) is 15.9 Å². The summed E-state index contributed by atoms with van der Waals surface area (Å²) in [6.07, 6.45) is 0. The van der Waals surface area contributed by atoms with Gasteiger partial charge in [0.25, 0.3) is 17.1 Å². The second-order valence-electron chi connectivity index (χ2n) is 8.25. The number of anilines is 1. The van der Waals surface area contributed by atoms with Crippen LogP contribution in [0.5, 0.6) is 0 Å². The molecular formula is C27H19N3O7. The summed E-state index contributed by atoms with van der Waals surface area (Å²) in [5, 5.41) is 11.3. The molecule has 0 N–H and O–H groups in total. The van der Waals surface area contributed by atoms with Crippen LogP contribution >= 0.6 is 0 Å². The molecule has 10 heteroatoms. The molecule has 10 nitrogen and oxygen atoms in total. The molecule has 1 unspecified atom stereocenters. The molecule has 0 radical (unpaired) electrons. The number of amides is 3. The second-order valence-corrected chi connectivity index (χ2v) is 8.25. The number of para-hydroxylation sites is 1. The fourth-order valence-corrected chi connectivity index (χ4v) is 4.68. The summed E-state index contributed by atoms with van der Waals surface area (Å²) in [6.45, 7) is 1.49. The Hall–Kier alpha value is -5.12. The molecule has 0 bridgehead atoms. The third kappa shape index (κ3) is 3.33. The molecule has 1 fully saturated rings. The predicted octanol–water partition coefficient (Wildman–Crippen LogP) is 3.97. The first-order valence-electron chi connectivity index (χ1n) is 11.3. The highest BCUT2D eigenvalue weighted by Crippen LogP contribution is 2.54. The Kier molecular flexibility index (Phi) is 5.63. The molecule has 0 aromatic heterocycles. The summed E-state index contributed by atoms with van der Waals surface area (Å²) in [5.41, 5.74) is -2.28. The maximum Gasteiger partial charge on any atom is 0.347 e. The maximum atomic E-state index is 14.0. The minimum absolute atomic E-state index is 0.000151. The summed E-state index contributed by atoms with van der Waals surface area (Å²) in [4.78, 5) is 67.3. The number of allylic oxidation sites excluding steroid dienone is 1. The van der Waals surface area contributed by atoms with Crippen molar-refractivity contribution < 1.29 is 28.8 Å². The van der Waals surface area contributed by atoms with Gasteiger partial charge in [0.15, 0.2) is 0 Å². The third-order valence-corrected chi connectivity index (χ3v) is 6.23. The van der Waals surface area contributed by atoms with Crippen molar-refractivity contribution in [3.63, 3.8) is 0 Å². The normalized spacial score (nSPS) is 18.4. The van der Waals surface area contributed by atoms with E-state index >= 15 is 0 Å². The van der Waals surface area contributed by atoms with Gasteiger partial charge < -0.3 is 4.74 Å². The topological polar surface area (TPSA) is 127 Å². The summed E-state index contributed by atoms with van der Waals surface area (Å²) in [6, 6.07) is 20.4. The van der Waals surface area contributed by atoms with Crippen molar-refractivity contribution in [2.45, 2.75) is 12.5 Å². The van der Waals surface area contributed by atoms with Crippen LogP contribution in [-0.4, -0.2) is 45.7 Å². The molecule has 184 valence electrons. The second kappa shape index (κ2) is 8.83. The Morgan fingerprint density at radius 1 is 0.946 bits per heavy atom. The quantitative estimate of drug-likeness (QED) is 0.121. The van der Waals surface area contributed by atoms with Gasteiger partial charge in [0.1, 0.15) is 5.70 Å². The molecule has 1 saturated heterocycles. The van der Waals surface area contributed by atoms with Crippen molar-refractivity contribution in [3.05, 3.63) is 112 Å². The van der Waals surface area contributed by atoms with Crippen LogP contribution in [0.4, 0.5) is 16.2 Å². The first-order valence-corrected chi connectivity index (χ1v) is 11.3. The average Bonchev–Trinajstić information content (AvgIpc) is 3.08. The van der Waals surface area contributed by atoms with Gasteiger partial charge in [-0.25, -0.2) is 14.5 Å². The molecular weight excluding hydrogens is 478 g/mol. The molecule has 0 saturated carbocycles. The van der Waals surface area contributed by atoms with Gasteiger partial charge in [0, 0.05) is 23.3 Å². The van der Waals surface area contributed by atoms with E-state index in [9.17, 15) is 29.3 Å². The van der Waals surface area contributed by atoms with E-state index in [1.807, 2.05) is 0 Å². The van der Waals surface area contributed by atoms with E-state index in [-0.39, 0.29) is 34.8 Å². The van der Waals surface area contributed by atoms with Gasteiger partial charge in [-0.2, -0.15) is 0 Å². The SMILES string of the molecule is CCOC(=O)C12C(=O)N(c3ccccc3)C(=O)N1C(C(=O)c1cccc([N+](=O)[O-])c1)=C2c1ccccc1. The standard InChI is InChI=1S/C27H19N3O7/c1-2-37-25(33)27-21(17-10-5-3-6-11-17)22(23(31)18-12-9-15-20(16-18)30(35)36)29(27)26(34)28(24(27)32)19-13-7-4-8-14-19/h3-16H,2H2,1H3. The van der Waals surface area contributed by atoms with E-state index in [0.29, 0.717) is 5.56 Å². The van der Waals surface area contributed by atoms with Crippen LogP contribution in [0.15, 0.2) is 90.6 Å². The zero-order valence-electron chi connectivity index (χ0n) is 19.5. The van der Waals surface area contributed by atoms with E-state index in [2.05, 4.69) is 0 Å². The summed E-state index contributed by atoms with van der Waals surface area (Å²) >= 11 is 0. The number of ether oxygens (including phenoxy) is 1. The number of urea groups is 1. The molecule has 2 aliphatic rings. The summed E-state index contributed by atoms with van der Waals surface area (Å²) < 4.78 is 5.27. The van der Waals surface area contributed by atoms with Crippen LogP contribution in [0.3, 0.4) is 0 Å². The van der Waals surface area contributed by atoms with Gasteiger partial charge in [0.2, 0.25) is 5.78 Å². The van der Waals surface area contributed by atoms with Crippen LogP contribution in [-0.2, 0) is 14.3 Å². The van der Waals surface area contributed by atoms with Crippen LogP contribution < -0.4 is 4.90 Å². The van der Waals surface area contributed by atoms with E-state index < -0.39 is 34.2 Å². The fourth-order valence-electron chi connectivity index (χ4n) is 4.68. The molecule has 37 heavy (non-hydrogen) atoms. The Morgan fingerprint density at radius 3 is 2.22 bits per heavy atom. The summed E-state index contributed by atoms with van der Waals surface area (Å²) in [5.74, 6) is -2.63. The van der Waals surface area contributed by atoms with E-state index in [1.165, 1.54) is 30.3 Å². The molecule has 1 atom stereocenters. The summed E-state index contributed by atoms with van der Waals surface area (Å²) in [7, 11) is 0.